The topological polar surface area (TPSA) is 32.3 Å². The van der Waals surface area contributed by atoms with Crippen LogP contribution in [0, 0.1) is 0 Å². The summed E-state index contributed by atoms with van der Waals surface area (Å²) in [6.07, 6.45) is 1.12. The van der Waals surface area contributed by atoms with Crippen LogP contribution in [-0.2, 0) is 4.79 Å². The molecule has 3 atom stereocenters. The van der Waals surface area contributed by atoms with Gasteiger partial charge < -0.3 is 4.90 Å². The zero-order chi connectivity index (χ0) is 13.8. The predicted molar refractivity (Wildman–Crippen MR) is 83.6 cm³/mol. The Labute approximate surface area is 123 Å². The third-order valence-corrected chi connectivity index (χ3v) is 5.34. The summed E-state index contributed by atoms with van der Waals surface area (Å²) in [6, 6.07) is 4.36. The summed E-state index contributed by atoms with van der Waals surface area (Å²) in [5.41, 5.74) is 0. The van der Waals surface area contributed by atoms with Crippen molar-refractivity contribution in [3.63, 3.8) is 0 Å². The Morgan fingerprint density at radius 2 is 2.37 bits per heavy atom. The van der Waals surface area contributed by atoms with Crippen LogP contribution in [0.5, 0.6) is 0 Å². The highest BCUT2D eigenvalue weighted by molar-refractivity contribution is 7.99. The maximum atomic E-state index is 12.3. The lowest BCUT2D eigenvalue weighted by atomic mass is 10.2. The van der Waals surface area contributed by atoms with Gasteiger partial charge in [-0.25, -0.2) is 0 Å². The highest BCUT2D eigenvalue weighted by Gasteiger charge is 2.39. The first-order valence-corrected chi connectivity index (χ1v) is 8.88. The van der Waals surface area contributed by atoms with Crippen LogP contribution >= 0.6 is 23.1 Å². The summed E-state index contributed by atoms with van der Waals surface area (Å²) in [5.74, 6) is 2.49. The molecule has 0 aliphatic carbocycles. The number of carbonyl (C=O) groups excluding carboxylic acids is 1. The number of rotatable bonds is 6. The molecule has 1 saturated heterocycles. The molecule has 106 valence electrons. The van der Waals surface area contributed by atoms with E-state index in [1.54, 1.807) is 11.3 Å². The van der Waals surface area contributed by atoms with Crippen LogP contribution in [-0.4, -0.2) is 34.4 Å². The Morgan fingerprint density at radius 1 is 1.58 bits per heavy atom. The van der Waals surface area contributed by atoms with Crippen LogP contribution in [0.3, 0.4) is 0 Å². The molecule has 2 rings (SSSR count). The van der Waals surface area contributed by atoms with Gasteiger partial charge in [-0.15, -0.1) is 11.3 Å². The minimum Gasteiger partial charge on any atom is -0.318 e. The fourth-order valence-corrected chi connectivity index (χ4v) is 3.99. The molecule has 3 unspecified atom stereocenters. The van der Waals surface area contributed by atoms with E-state index in [-0.39, 0.29) is 24.2 Å². The van der Waals surface area contributed by atoms with Gasteiger partial charge >= 0.3 is 0 Å². The molecule has 0 aromatic carbocycles. The van der Waals surface area contributed by atoms with E-state index < -0.39 is 0 Å². The fourth-order valence-electron chi connectivity index (χ4n) is 2.41. The van der Waals surface area contributed by atoms with Crippen molar-refractivity contribution in [2.24, 2.45) is 0 Å². The lowest BCUT2D eigenvalue weighted by Crippen LogP contribution is -2.38. The molecule has 1 aromatic rings. The number of hydrogen-bond acceptors (Lipinski definition) is 4. The number of hydrogen-bond donors (Lipinski definition) is 1. The number of nitrogens with zero attached hydrogens (tertiary/aromatic N) is 1. The van der Waals surface area contributed by atoms with E-state index in [0.29, 0.717) is 0 Å². The molecule has 1 aliphatic heterocycles. The molecule has 1 amide bonds. The van der Waals surface area contributed by atoms with Crippen LogP contribution in [0.15, 0.2) is 17.5 Å². The maximum absolute atomic E-state index is 12.3. The van der Waals surface area contributed by atoms with Crippen molar-refractivity contribution in [2.75, 3.05) is 11.5 Å². The van der Waals surface area contributed by atoms with Crippen LogP contribution in [0.25, 0.3) is 0 Å². The van der Waals surface area contributed by atoms with Crippen LogP contribution < -0.4 is 5.32 Å². The summed E-state index contributed by atoms with van der Waals surface area (Å²) in [7, 11) is 0. The van der Waals surface area contributed by atoms with Crippen molar-refractivity contribution < 1.29 is 4.79 Å². The first-order valence-electron chi connectivity index (χ1n) is 6.84. The second kappa shape index (κ2) is 6.77. The van der Waals surface area contributed by atoms with Crippen LogP contribution in [0.1, 0.15) is 38.2 Å². The van der Waals surface area contributed by atoms with E-state index in [1.807, 2.05) is 29.7 Å². The van der Waals surface area contributed by atoms with E-state index in [1.165, 1.54) is 4.88 Å². The van der Waals surface area contributed by atoms with Crippen LogP contribution in [0.2, 0.25) is 0 Å². The van der Waals surface area contributed by atoms with E-state index in [9.17, 15) is 4.79 Å². The summed E-state index contributed by atoms with van der Waals surface area (Å²) < 4.78 is 0. The lowest BCUT2D eigenvalue weighted by molar-refractivity contribution is -0.131. The molecule has 3 nitrogen and oxygen atoms in total. The Hall–Kier alpha value is -0.520. The van der Waals surface area contributed by atoms with Gasteiger partial charge in [-0.1, -0.05) is 13.0 Å². The summed E-state index contributed by atoms with van der Waals surface area (Å²) >= 11 is 3.65. The normalized spacial score (nSPS) is 25.0. The number of carbonyl (C=O) groups is 1. The number of amides is 1. The quantitative estimate of drug-likeness (QED) is 0.819. The third-order valence-electron chi connectivity index (χ3n) is 3.48. The molecular weight excluding hydrogens is 276 g/mol. The summed E-state index contributed by atoms with van der Waals surface area (Å²) in [6.45, 7) is 6.29. The predicted octanol–water partition coefficient (Wildman–Crippen LogP) is 3.10. The molecule has 1 aromatic heterocycles. The third kappa shape index (κ3) is 3.33. The maximum Gasteiger partial charge on any atom is 0.241 e. The van der Waals surface area contributed by atoms with Crippen molar-refractivity contribution in [2.45, 2.75) is 45.4 Å². The first kappa shape index (κ1) is 14.9. The molecule has 0 radical (unpaired) electrons. The molecule has 1 N–H and O–H groups in total. The van der Waals surface area contributed by atoms with Gasteiger partial charge in [0.2, 0.25) is 5.91 Å². The Balaban J connectivity index is 2.07. The van der Waals surface area contributed by atoms with Gasteiger partial charge in [0.05, 0.1) is 6.04 Å². The molecule has 5 heteroatoms. The van der Waals surface area contributed by atoms with Gasteiger partial charge in [-0.2, -0.15) is 11.8 Å². The smallest absolute Gasteiger partial charge is 0.241 e. The Bertz CT molecular complexity index is 408. The molecule has 2 heterocycles. The van der Waals surface area contributed by atoms with E-state index in [2.05, 4.69) is 30.6 Å². The average molecular weight is 298 g/mol. The Kier molecular flexibility index (Phi) is 5.30. The van der Waals surface area contributed by atoms with E-state index in [0.717, 1.165) is 17.9 Å². The van der Waals surface area contributed by atoms with Gasteiger partial charge in [0.15, 0.2) is 0 Å². The molecule has 1 fully saturated rings. The molecule has 0 spiro atoms. The number of thioether (sulfide) groups is 1. The molecular formula is C14H22N2OS2. The molecule has 1 aliphatic rings. The zero-order valence-electron chi connectivity index (χ0n) is 11.8. The van der Waals surface area contributed by atoms with Gasteiger partial charge in [0.25, 0.3) is 0 Å². The molecule has 19 heavy (non-hydrogen) atoms. The second-order valence-corrected chi connectivity index (χ2v) is 7.26. The minimum atomic E-state index is -0.0756. The highest BCUT2D eigenvalue weighted by atomic mass is 32.2. The lowest BCUT2D eigenvalue weighted by Gasteiger charge is -2.29. The van der Waals surface area contributed by atoms with Crippen LogP contribution in [0.4, 0.5) is 0 Å². The standard InChI is InChI=1S/C14H22N2OS2/c1-4-18-9-7-10(2)16-13(12-6-5-8-19-12)15-11(3)14(16)17/h5-6,8,10-11,13,15H,4,7,9H2,1-3H3. The first-order chi connectivity index (χ1) is 9.15. The highest BCUT2D eigenvalue weighted by Crippen LogP contribution is 2.31. The van der Waals surface area contributed by atoms with Crippen molar-refractivity contribution in [3.8, 4) is 0 Å². The Morgan fingerprint density at radius 3 is 3.00 bits per heavy atom. The average Bonchev–Trinajstić information content (AvgIpc) is 2.99. The molecule has 0 bridgehead atoms. The SMILES string of the molecule is CCSCCC(C)N1C(=O)C(C)NC1c1cccs1. The second-order valence-electron chi connectivity index (χ2n) is 4.89. The number of thiophene rings is 1. The number of nitrogens with one attached hydrogen (secondary N) is 1. The monoisotopic (exact) mass is 298 g/mol. The summed E-state index contributed by atoms with van der Waals surface area (Å²) in [5, 5.41) is 5.48. The molecule has 0 saturated carbocycles. The largest absolute Gasteiger partial charge is 0.318 e. The van der Waals surface area contributed by atoms with Crippen molar-refractivity contribution in [1.29, 1.82) is 0 Å². The fraction of sp³-hybridized carbons (Fsp3) is 0.643. The van der Waals surface area contributed by atoms with Crippen molar-refractivity contribution in [3.05, 3.63) is 22.4 Å². The van der Waals surface area contributed by atoms with Gasteiger partial charge in [-0.05, 0) is 43.2 Å². The van der Waals surface area contributed by atoms with Gasteiger partial charge in [0, 0.05) is 10.9 Å². The zero-order valence-corrected chi connectivity index (χ0v) is 13.4. The minimum absolute atomic E-state index is 0.0594. The van der Waals surface area contributed by atoms with Crippen molar-refractivity contribution in [1.82, 2.24) is 10.2 Å². The van der Waals surface area contributed by atoms with Gasteiger partial charge in [0.1, 0.15) is 6.17 Å². The van der Waals surface area contributed by atoms with Gasteiger partial charge in [-0.3, -0.25) is 10.1 Å². The summed E-state index contributed by atoms with van der Waals surface area (Å²) in [4.78, 5) is 15.6. The van der Waals surface area contributed by atoms with Crippen molar-refractivity contribution >= 4 is 29.0 Å². The van der Waals surface area contributed by atoms with E-state index >= 15 is 0 Å². The van der Waals surface area contributed by atoms with E-state index in [4.69, 9.17) is 0 Å².